The summed E-state index contributed by atoms with van der Waals surface area (Å²) in [6, 6.07) is 8.05. The molecule has 1 aromatic heterocycles. The van der Waals surface area contributed by atoms with Gasteiger partial charge in [-0.15, -0.1) is 0 Å². The molecule has 2 fully saturated rings. The van der Waals surface area contributed by atoms with Gasteiger partial charge in [-0.25, -0.2) is 4.85 Å². The van der Waals surface area contributed by atoms with Crippen molar-refractivity contribution in [2.24, 2.45) is 11.8 Å². The molecule has 0 atom stereocenters. The number of rotatable bonds is 4. The third-order valence-electron chi connectivity index (χ3n) is 6.16. The fourth-order valence-corrected chi connectivity index (χ4v) is 5.24. The first-order valence-corrected chi connectivity index (χ1v) is 10.9. The standard InChI is InChI=1S/C21H28N6S/c1-22-18-4-6-19(7-5-18)26-12-8-16(9-13-26)17-10-14-27(15-11-17)21-23-20(24-28-21)25(2)3/h4-7,16-17H,8-15H2,2-3H3. The van der Waals surface area contributed by atoms with Gasteiger partial charge in [0.1, 0.15) is 0 Å². The Morgan fingerprint density at radius 1 is 0.964 bits per heavy atom. The molecule has 28 heavy (non-hydrogen) atoms. The van der Waals surface area contributed by atoms with Gasteiger partial charge in [-0.3, -0.25) is 0 Å². The van der Waals surface area contributed by atoms with Gasteiger partial charge in [0, 0.05) is 57.5 Å². The van der Waals surface area contributed by atoms with Gasteiger partial charge in [-0.05, 0) is 49.7 Å². The Kier molecular flexibility index (Phi) is 5.67. The van der Waals surface area contributed by atoms with E-state index in [9.17, 15) is 0 Å². The van der Waals surface area contributed by atoms with Crippen molar-refractivity contribution < 1.29 is 0 Å². The molecule has 0 unspecified atom stereocenters. The Morgan fingerprint density at radius 3 is 2.04 bits per heavy atom. The van der Waals surface area contributed by atoms with Crippen LogP contribution in [0, 0.1) is 18.4 Å². The summed E-state index contributed by atoms with van der Waals surface area (Å²) < 4.78 is 4.44. The molecule has 0 radical (unpaired) electrons. The summed E-state index contributed by atoms with van der Waals surface area (Å²) in [5.41, 5.74) is 1.98. The van der Waals surface area contributed by atoms with Crippen molar-refractivity contribution in [3.63, 3.8) is 0 Å². The molecule has 1 aromatic carbocycles. The second kappa shape index (κ2) is 8.36. The number of benzene rings is 1. The van der Waals surface area contributed by atoms with Crippen molar-refractivity contribution >= 4 is 34.0 Å². The molecule has 0 aliphatic carbocycles. The zero-order chi connectivity index (χ0) is 19.5. The quantitative estimate of drug-likeness (QED) is 0.721. The van der Waals surface area contributed by atoms with E-state index in [0.29, 0.717) is 0 Å². The first kappa shape index (κ1) is 19.0. The van der Waals surface area contributed by atoms with Crippen molar-refractivity contribution in [1.29, 1.82) is 0 Å². The Labute approximate surface area is 171 Å². The van der Waals surface area contributed by atoms with Crippen LogP contribution in [0.25, 0.3) is 4.85 Å². The Morgan fingerprint density at radius 2 is 1.54 bits per heavy atom. The molecule has 2 aliphatic heterocycles. The number of anilines is 3. The van der Waals surface area contributed by atoms with Gasteiger partial charge in [-0.2, -0.15) is 9.36 Å². The topological polar surface area (TPSA) is 39.9 Å². The average molecular weight is 397 g/mol. The van der Waals surface area contributed by atoms with E-state index in [4.69, 9.17) is 6.57 Å². The molecule has 0 N–H and O–H groups in total. The predicted octanol–water partition coefficient (Wildman–Crippen LogP) is 4.29. The molecule has 2 aliphatic rings. The minimum Gasteiger partial charge on any atom is -0.372 e. The molecule has 3 heterocycles. The van der Waals surface area contributed by atoms with Gasteiger partial charge in [0.2, 0.25) is 11.1 Å². The zero-order valence-corrected chi connectivity index (χ0v) is 17.5. The predicted molar refractivity (Wildman–Crippen MR) is 117 cm³/mol. The van der Waals surface area contributed by atoms with Crippen LogP contribution in [0.15, 0.2) is 24.3 Å². The van der Waals surface area contributed by atoms with Crippen LogP contribution in [0.3, 0.4) is 0 Å². The fraction of sp³-hybridized carbons (Fsp3) is 0.571. The molecule has 2 aromatic rings. The highest BCUT2D eigenvalue weighted by atomic mass is 32.1. The lowest BCUT2D eigenvalue weighted by Gasteiger charge is -2.40. The highest BCUT2D eigenvalue weighted by Crippen LogP contribution is 2.35. The molecule has 6 nitrogen and oxygen atoms in total. The molecule has 7 heteroatoms. The number of hydrogen-bond donors (Lipinski definition) is 0. The molecular weight excluding hydrogens is 368 g/mol. The van der Waals surface area contributed by atoms with Gasteiger partial charge in [0.25, 0.3) is 0 Å². The van der Waals surface area contributed by atoms with E-state index >= 15 is 0 Å². The number of aromatic nitrogens is 2. The Bertz CT molecular complexity index is 808. The summed E-state index contributed by atoms with van der Waals surface area (Å²) in [4.78, 5) is 15.0. The summed E-state index contributed by atoms with van der Waals surface area (Å²) in [5.74, 6) is 2.50. The lowest BCUT2D eigenvalue weighted by molar-refractivity contribution is 0.233. The molecule has 0 saturated carbocycles. The van der Waals surface area contributed by atoms with Crippen molar-refractivity contribution in [2.45, 2.75) is 25.7 Å². The monoisotopic (exact) mass is 396 g/mol. The minimum absolute atomic E-state index is 0.721. The summed E-state index contributed by atoms with van der Waals surface area (Å²) in [5, 5.41) is 1.07. The van der Waals surface area contributed by atoms with Gasteiger partial charge in [0.05, 0.1) is 6.57 Å². The molecule has 0 spiro atoms. The summed E-state index contributed by atoms with van der Waals surface area (Å²) in [6.45, 7) is 11.6. The van der Waals surface area contributed by atoms with Crippen LogP contribution in [0.4, 0.5) is 22.5 Å². The van der Waals surface area contributed by atoms with Gasteiger partial charge in [-0.1, -0.05) is 12.1 Å². The van der Waals surface area contributed by atoms with E-state index in [1.54, 1.807) is 0 Å². The van der Waals surface area contributed by atoms with Gasteiger partial charge in [0.15, 0.2) is 5.69 Å². The molecule has 4 rings (SSSR count). The highest BCUT2D eigenvalue weighted by Gasteiger charge is 2.30. The first-order valence-electron chi connectivity index (χ1n) is 10.1. The van der Waals surface area contributed by atoms with Crippen molar-refractivity contribution in [2.75, 3.05) is 55.0 Å². The smallest absolute Gasteiger partial charge is 0.238 e. The number of piperidine rings is 2. The molecule has 0 bridgehead atoms. The zero-order valence-electron chi connectivity index (χ0n) is 16.7. The van der Waals surface area contributed by atoms with Gasteiger partial charge >= 0.3 is 0 Å². The highest BCUT2D eigenvalue weighted by molar-refractivity contribution is 7.09. The van der Waals surface area contributed by atoms with Crippen molar-refractivity contribution in [3.05, 3.63) is 35.7 Å². The summed E-state index contributed by atoms with van der Waals surface area (Å²) >= 11 is 1.52. The Balaban J connectivity index is 1.27. The van der Waals surface area contributed by atoms with E-state index < -0.39 is 0 Å². The van der Waals surface area contributed by atoms with E-state index in [0.717, 1.165) is 54.8 Å². The lowest BCUT2D eigenvalue weighted by Crippen LogP contribution is -2.40. The van der Waals surface area contributed by atoms with E-state index in [-0.39, 0.29) is 0 Å². The van der Waals surface area contributed by atoms with Crippen LogP contribution in [0.1, 0.15) is 25.7 Å². The normalized spacial score (nSPS) is 18.9. The van der Waals surface area contributed by atoms with E-state index in [1.165, 1.54) is 42.9 Å². The average Bonchev–Trinajstić information content (AvgIpc) is 3.25. The maximum absolute atomic E-state index is 7.09. The van der Waals surface area contributed by atoms with Crippen molar-refractivity contribution in [3.8, 4) is 0 Å². The number of nitrogens with zero attached hydrogens (tertiary/aromatic N) is 6. The van der Waals surface area contributed by atoms with E-state index in [2.05, 4.69) is 36.1 Å². The SMILES string of the molecule is [C-]#[N+]c1ccc(N2CCC(C3CCN(c4nc(N(C)C)ns4)CC3)CC2)cc1. The fourth-order valence-electron chi connectivity index (χ4n) is 4.45. The van der Waals surface area contributed by atoms with Crippen LogP contribution < -0.4 is 14.7 Å². The largest absolute Gasteiger partial charge is 0.372 e. The lowest BCUT2D eigenvalue weighted by atomic mass is 9.79. The van der Waals surface area contributed by atoms with Crippen LogP contribution in [-0.2, 0) is 0 Å². The number of hydrogen-bond acceptors (Lipinski definition) is 6. The van der Waals surface area contributed by atoms with Crippen LogP contribution in [-0.4, -0.2) is 49.6 Å². The summed E-state index contributed by atoms with van der Waals surface area (Å²) in [7, 11) is 3.98. The minimum atomic E-state index is 0.721. The van der Waals surface area contributed by atoms with Crippen LogP contribution >= 0.6 is 11.5 Å². The molecule has 0 amide bonds. The van der Waals surface area contributed by atoms with Crippen LogP contribution in [0.2, 0.25) is 0 Å². The van der Waals surface area contributed by atoms with Crippen LogP contribution in [0.5, 0.6) is 0 Å². The molecular formula is C21H28N6S. The first-order chi connectivity index (χ1) is 13.6. The Hall–Kier alpha value is -2.33. The third-order valence-corrected chi connectivity index (χ3v) is 6.93. The maximum Gasteiger partial charge on any atom is 0.238 e. The van der Waals surface area contributed by atoms with Crippen molar-refractivity contribution in [1.82, 2.24) is 9.36 Å². The third kappa shape index (κ3) is 4.07. The molecule has 2 saturated heterocycles. The summed E-state index contributed by atoms with van der Waals surface area (Å²) in [6.07, 6.45) is 5.08. The maximum atomic E-state index is 7.09. The second-order valence-electron chi connectivity index (χ2n) is 8.05. The second-order valence-corrected chi connectivity index (χ2v) is 8.78. The molecule has 148 valence electrons. The van der Waals surface area contributed by atoms with Gasteiger partial charge < -0.3 is 14.7 Å². The van der Waals surface area contributed by atoms with E-state index in [1.807, 2.05) is 31.1 Å².